The quantitative estimate of drug-likeness (QED) is 0.439. The van der Waals surface area contributed by atoms with E-state index < -0.39 is 12.0 Å². The first-order valence-electron chi connectivity index (χ1n) is 10.8. The van der Waals surface area contributed by atoms with E-state index in [9.17, 15) is 18.7 Å². The van der Waals surface area contributed by atoms with E-state index in [1.165, 1.54) is 30.3 Å². The van der Waals surface area contributed by atoms with Crippen LogP contribution in [0, 0.1) is 0 Å². The molecule has 33 heavy (non-hydrogen) atoms. The zero-order valence-corrected chi connectivity index (χ0v) is 18.7. The van der Waals surface area contributed by atoms with Gasteiger partial charge in [-0.2, -0.15) is 20.1 Å². The van der Waals surface area contributed by atoms with Crippen LogP contribution in [0.25, 0.3) is 0 Å². The molecule has 7 nitrogen and oxygen atoms in total. The highest BCUT2D eigenvalue weighted by Gasteiger charge is 2.39. The Morgan fingerprint density at radius 3 is 2.79 bits per heavy atom. The SMILES string of the molecule is O=C1CC[C@H](/C=C/C(O)C(F)(F)c2ccccc2)N1Cc1cscc1CCCc1nnn[nH]1. The number of likely N-dealkylation sites (tertiary alicyclic amines) is 1. The van der Waals surface area contributed by atoms with Gasteiger partial charge in [-0.25, -0.2) is 5.10 Å². The molecule has 1 aliphatic rings. The third-order valence-corrected chi connectivity index (χ3v) is 6.68. The molecule has 1 aliphatic heterocycles. The summed E-state index contributed by atoms with van der Waals surface area (Å²) in [7, 11) is 0. The van der Waals surface area contributed by atoms with Crippen molar-refractivity contribution in [3.63, 3.8) is 0 Å². The number of nitrogens with one attached hydrogen (secondary N) is 1. The number of aliphatic hydroxyl groups is 1. The van der Waals surface area contributed by atoms with Crippen LogP contribution in [0.2, 0.25) is 0 Å². The van der Waals surface area contributed by atoms with Gasteiger partial charge in [-0.1, -0.05) is 42.5 Å². The molecule has 3 heterocycles. The Kier molecular flexibility index (Phi) is 7.24. The van der Waals surface area contributed by atoms with Gasteiger partial charge < -0.3 is 10.0 Å². The summed E-state index contributed by atoms with van der Waals surface area (Å²) in [6.45, 7) is 0.418. The van der Waals surface area contributed by atoms with Crippen LogP contribution in [0.15, 0.2) is 53.2 Å². The van der Waals surface area contributed by atoms with E-state index in [4.69, 9.17) is 0 Å². The predicted molar refractivity (Wildman–Crippen MR) is 120 cm³/mol. The lowest BCUT2D eigenvalue weighted by Gasteiger charge is -2.24. The van der Waals surface area contributed by atoms with E-state index in [2.05, 4.69) is 26.0 Å². The molecule has 0 saturated carbocycles. The highest BCUT2D eigenvalue weighted by Crippen LogP contribution is 2.33. The molecular formula is C23H25F2N5O2S. The number of aryl methyl sites for hydroxylation is 2. The molecular weight excluding hydrogens is 448 g/mol. The zero-order valence-electron chi connectivity index (χ0n) is 17.9. The van der Waals surface area contributed by atoms with Crippen LogP contribution in [0.4, 0.5) is 8.78 Å². The number of nitrogens with zero attached hydrogens (tertiary/aromatic N) is 4. The molecule has 0 bridgehead atoms. The second kappa shape index (κ2) is 10.3. The van der Waals surface area contributed by atoms with Gasteiger partial charge in [-0.15, -0.1) is 5.10 Å². The predicted octanol–water partition coefficient (Wildman–Crippen LogP) is 3.64. The van der Waals surface area contributed by atoms with Crippen LogP contribution in [0.3, 0.4) is 0 Å². The fourth-order valence-electron chi connectivity index (χ4n) is 3.97. The Morgan fingerprint density at radius 1 is 1.24 bits per heavy atom. The number of aromatic nitrogens is 4. The van der Waals surface area contributed by atoms with Crippen LogP contribution in [-0.4, -0.2) is 48.7 Å². The molecule has 174 valence electrons. The van der Waals surface area contributed by atoms with E-state index in [-0.39, 0.29) is 17.5 Å². The number of aliphatic hydroxyl groups excluding tert-OH is 1. The Morgan fingerprint density at radius 2 is 2.03 bits per heavy atom. The van der Waals surface area contributed by atoms with Crippen molar-refractivity contribution in [2.45, 2.75) is 56.7 Å². The first-order valence-corrected chi connectivity index (χ1v) is 11.7. The maximum atomic E-state index is 14.6. The molecule has 2 aromatic heterocycles. The van der Waals surface area contributed by atoms with Crippen molar-refractivity contribution in [2.75, 3.05) is 0 Å². The standard InChI is InChI=1S/C23H25F2N5O2S/c24-23(25,18-6-2-1-3-7-18)20(31)11-9-19-10-12-22(32)30(19)13-17-15-33-14-16(17)5-4-8-21-26-28-29-27-21/h1-3,6-7,9,11,14-15,19-20,31H,4-5,8,10,12-13H2,(H,26,27,28,29)/b11-9+/t19-,20?/m0/s1. The van der Waals surface area contributed by atoms with Gasteiger partial charge >= 0.3 is 5.92 Å². The zero-order chi connectivity index (χ0) is 23.3. The van der Waals surface area contributed by atoms with Gasteiger partial charge in [0.15, 0.2) is 0 Å². The van der Waals surface area contributed by atoms with Gasteiger partial charge in [0.25, 0.3) is 0 Å². The number of benzene rings is 1. The minimum Gasteiger partial charge on any atom is -0.382 e. The number of hydrogen-bond acceptors (Lipinski definition) is 6. The van der Waals surface area contributed by atoms with Crippen molar-refractivity contribution in [2.24, 2.45) is 0 Å². The number of thiophene rings is 1. The summed E-state index contributed by atoms with van der Waals surface area (Å²) in [5.41, 5.74) is 1.97. The van der Waals surface area contributed by atoms with Crippen LogP contribution >= 0.6 is 11.3 Å². The van der Waals surface area contributed by atoms with Gasteiger partial charge in [-0.05, 0) is 51.6 Å². The van der Waals surface area contributed by atoms with Gasteiger partial charge in [0, 0.05) is 24.9 Å². The van der Waals surface area contributed by atoms with Crippen molar-refractivity contribution in [1.29, 1.82) is 0 Å². The van der Waals surface area contributed by atoms with Crippen molar-refractivity contribution < 1.29 is 18.7 Å². The van der Waals surface area contributed by atoms with Crippen LogP contribution in [0.5, 0.6) is 0 Å². The van der Waals surface area contributed by atoms with Crippen LogP contribution < -0.4 is 0 Å². The number of rotatable bonds is 10. The lowest BCUT2D eigenvalue weighted by molar-refractivity contribution is -0.129. The van der Waals surface area contributed by atoms with E-state index in [0.29, 0.717) is 19.4 Å². The second-order valence-electron chi connectivity index (χ2n) is 8.07. The normalized spacial score (nSPS) is 17.8. The highest BCUT2D eigenvalue weighted by atomic mass is 32.1. The van der Waals surface area contributed by atoms with Gasteiger partial charge in [-0.3, -0.25) is 4.79 Å². The molecule has 1 unspecified atom stereocenters. The minimum atomic E-state index is -3.41. The van der Waals surface area contributed by atoms with E-state index in [0.717, 1.165) is 42.3 Å². The Balaban J connectivity index is 1.39. The second-order valence-corrected chi connectivity index (χ2v) is 8.81. The van der Waals surface area contributed by atoms with Crippen molar-refractivity contribution in [3.05, 3.63) is 75.8 Å². The number of tetrazole rings is 1. The molecule has 4 rings (SSSR count). The van der Waals surface area contributed by atoms with Crippen molar-refractivity contribution in [1.82, 2.24) is 25.5 Å². The lowest BCUT2D eigenvalue weighted by atomic mass is 10.0. The molecule has 10 heteroatoms. The van der Waals surface area contributed by atoms with Gasteiger partial charge in [0.2, 0.25) is 5.91 Å². The van der Waals surface area contributed by atoms with Gasteiger partial charge in [0.05, 0.1) is 6.04 Å². The average molecular weight is 474 g/mol. The first kappa shape index (κ1) is 23.2. The van der Waals surface area contributed by atoms with E-state index >= 15 is 0 Å². The number of H-pyrrole nitrogens is 1. The Hall–Kier alpha value is -2.98. The molecule has 2 atom stereocenters. The molecule has 2 N–H and O–H groups in total. The lowest BCUT2D eigenvalue weighted by Crippen LogP contribution is -2.33. The molecule has 0 radical (unpaired) electrons. The highest BCUT2D eigenvalue weighted by molar-refractivity contribution is 7.08. The van der Waals surface area contributed by atoms with E-state index in [1.54, 1.807) is 22.3 Å². The summed E-state index contributed by atoms with van der Waals surface area (Å²) < 4.78 is 29.2. The number of alkyl halides is 2. The summed E-state index contributed by atoms with van der Waals surface area (Å²) in [5.74, 6) is -2.69. The number of hydrogen-bond donors (Lipinski definition) is 2. The Bertz CT molecular complexity index is 1070. The molecule has 0 aliphatic carbocycles. The maximum Gasteiger partial charge on any atom is 0.302 e. The summed E-state index contributed by atoms with van der Waals surface area (Å²) in [4.78, 5) is 14.2. The fraction of sp³-hybridized carbons (Fsp3) is 0.391. The monoisotopic (exact) mass is 473 g/mol. The smallest absolute Gasteiger partial charge is 0.302 e. The summed E-state index contributed by atoms with van der Waals surface area (Å²) in [5, 5.41) is 28.0. The molecule has 3 aromatic rings. The molecule has 0 spiro atoms. The van der Waals surface area contributed by atoms with Crippen LogP contribution in [-0.2, 0) is 30.1 Å². The summed E-state index contributed by atoms with van der Waals surface area (Å²) in [6.07, 6.45) is 3.99. The number of carbonyl (C=O) groups excluding carboxylic acids is 1. The Labute approximate surface area is 194 Å². The van der Waals surface area contributed by atoms with E-state index in [1.807, 2.05) is 5.38 Å². The number of carbonyl (C=O) groups is 1. The molecule has 1 fully saturated rings. The largest absolute Gasteiger partial charge is 0.382 e. The number of halogens is 2. The third kappa shape index (κ3) is 5.51. The van der Waals surface area contributed by atoms with Crippen molar-refractivity contribution in [3.8, 4) is 0 Å². The topological polar surface area (TPSA) is 95.0 Å². The molecule has 1 saturated heterocycles. The van der Waals surface area contributed by atoms with Gasteiger partial charge in [0.1, 0.15) is 11.9 Å². The maximum absolute atomic E-state index is 14.6. The average Bonchev–Trinajstić information content (AvgIpc) is 3.57. The summed E-state index contributed by atoms with van der Waals surface area (Å²) >= 11 is 1.58. The molecule has 1 amide bonds. The number of aromatic amines is 1. The number of amides is 1. The van der Waals surface area contributed by atoms with Crippen LogP contribution in [0.1, 0.15) is 41.8 Å². The summed E-state index contributed by atoms with van der Waals surface area (Å²) in [6, 6.07) is 6.93. The van der Waals surface area contributed by atoms with Crippen molar-refractivity contribution >= 4 is 17.2 Å². The first-order chi connectivity index (χ1) is 15.9. The third-order valence-electron chi connectivity index (χ3n) is 5.84. The molecule has 1 aromatic carbocycles. The fourth-order valence-corrected chi connectivity index (χ4v) is 4.86. The minimum absolute atomic E-state index is 0.0150.